The van der Waals surface area contributed by atoms with Crippen molar-refractivity contribution in [1.29, 1.82) is 0 Å². The topological polar surface area (TPSA) is 39.7 Å². The van der Waals surface area contributed by atoms with E-state index in [1.165, 1.54) is 57.9 Å². The summed E-state index contributed by atoms with van der Waals surface area (Å²) in [4.78, 5) is 6.79. The molecule has 1 aliphatic carbocycles. The number of unbranched alkanes of at least 4 members (excludes halogenated alkanes) is 1. The third kappa shape index (κ3) is 11.2. The number of aliphatic imine (C=N–C) groups is 1. The summed E-state index contributed by atoms with van der Waals surface area (Å²) in [5.74, 6) is 1.96. The lowest BCUT2D eigenvalue weighted by Crippen LogP contribution is -2.38. The molecule has 1 fully saturated rings. The zero-order valence-electron chi connectivity index (χ0n) is 15.6. The van der Waals surface area contributed by atoms with Crippen molar-refractivity contribution in [3.63, 3.8) is 0 Å². The van der Waals surface area contributed by atoms with E-state index < -0.39 is 0 Å². The summed E-state index contributed by atoms with van der Waals surface area (Å²) in [6.45, 7) is 10.1. The van der Waals surface area contributed by atoms with Crippen LogP contribution in [0.25, 0.3) is 0 Å². The second kappa shape index (κ2) is 15.5. The minimum absolute atomic E-state index is 0. The van der Waals surface area contributed by atoms with Crippen molar-refractivity contribution in [2.24, 2.45) is 10.9 Å². The maximum absolute atomic E-state index is 4.31. The molecule has 4 nitrogen and oxygen atoms in total. The van der Waals surface area contributed by atoms with Gasteiger partial charge in [0.1, 0.15) is 0 Å². The van der Waals surface area contributed by atoms with Gasteiger partial charge in [-0.25, -0.2) is 0 Å². The molecule has 138 valence electrons. The molecule has 23 heavy (non-hydrogen) atoms. The van der Waals surface area contributed by atoms with Crippen LogP contribution in [0.3, 0.4) is 0 Å². The number of halogens is 1. The molecule has 0 saturated heterocycles. The largest absolute Gasteiger partial charge is 0.356 e. The van der Waals surface area contributed by atoms with Crippen LogP contribution >= 0.6 is 24.0 Å². The van der Waals surface area contributed by atoms with E-state index >= 15 is 0 Å². The van der Waals surface area contributed by atoms with Crippen molar-refractivity contribution in [2.75, 3.05) is 39.8 Å². The Kier molecular flexibility index (Phi) is 15.5. The summed E-state index contributed by atoms with van der Waals surface area (Å²) in [5.41, 5.74) is 0. The second-order valence-corrected chi connectivity index (χ2v) is 6.45. The van der Waals surface area contributed by atoms with Gasteiger partial charge in [0.15, 0.2) is 5.96 Å². The predicted octanol–water partition coefficient (Wildman–Crippen LogP) is 3.86. The molecule has 0 spiro atoms. The third-order valence-electron chi connectivity index (χ3n) is 4.87. The fraction of sp³-hybridized carbons (Fsp3) is 0.944. The Morgan fingerprint density at radius 2 is 1.61 bits per heavy atom. The summed E-state index contributed by atoms with van der Waals surface area (Å²) >= 11 is 0. The molecule has 0 aromatic heterocycles. The van der Waals surface area contributed by atoms with E-state index in [1.807, 2.05) is 7.05 Å². The van der Waals surface area contributed by atoms with Crippen molar-refractivity contribution in [3.8, 4) is 0 Å². The molecule has 0 aliphatic heterocycles. The van der Waals surface area contributed by atoms with Gasteiger partial charge in [0.25, 0.3) is 0 Å². The number of hydrogen-bond acceptors (Lipinski definition) is 2. The van der Waals surface area contributed by atoms with Gasteiger partial charge in [-0.2, -0.15) is 0 Å². The van der Waals surface area contributed by atoms with Gasteiger partial charge in [0.2, 0.25) is 0 Å². The van der Waals surface area contributed by atoms with Gasteiger partial charge in [-0.05, 0) is 51.2 Å². The van der Waals surface area contributed by atoms with Gasteiger partial charge >= 0.3 is 0 Å². The molecule has 2 N–H and O–H groups in total. The average molecular weight is 438 g/mol. The molecule has 0 heterocycles. The first kappa shape index (κ1) is 23.0. The molecule has 0 amide bonds. The van der Waals surface area contributed by atoms with E-state index in [0.29, 0.717) is 0 Å². The van der Waals surface area contributed by atoms with Crippen LogP contribution in [0.2, 0.25) is 0 Å². The number of rotatable bonds is 11. The predicted molar refractivity (Wildman–Crippen MR) is 113 cm³/mol. The van der Waals surface area contributed by atoms with Crippen LogP contribution in [-0.2, 0) is 0 Å². The van der Waals surface area contributed by atoms with E-state index in [4.69, 9.17) is 0 Å². The zero-order valence-corrected chi connectivity index (χ0v) is 17.9. The SMILES string of the molecule is CCN(CC)CCCCNC(=NC)NCCCC1CCCC1.I. The lowest BCUT2D eigenvalue weighted by molar-refractivity contribution is 0.297. The van der Waals surface area contributed by atoms with Crippen molar-refractivity contribution < 1.29 is 0 Å². The maximum atomic E-state index is 4.31. The summed E-state index contributed by atoms with van der Waals surface area (Å²) in [6.07, 6.45) is 10.9. The first-order valence-corrected chi connectivity index (χ1v) is 9.47. The summed E-state index contributed by atoms with van der Waals surface area (Å²) < 4.78 is 0. The molecule has 0 atom stereocenters. The molecular weight excluding hydrogens is 399 g/mol. The Morgan fingerprint density at radius 3 is 2.17 bits per heavy atom. The molecule has 0 aromatic rings. The van der Waals surface area contributed by atoms with Gasteiger partial charge in [0.05, 0.1) is 0 Å². The Balaban J connectivity index is 0.00000484. The lowest BCUT2D eigenvalue weighted by Gasteiger charge is -2.18. The van der Waals surface area contributed by atoms with Crippen LogP contribution in [-0.4, -0.2) is 50.6 Å². The van der Waals surface area contributed by atoms with Crippen LogP contribution in [0.1, 0.15) is 65.2 Å². The highest BCUT2D eigenvalue weighted by molar-refractivity contribution is 14.0. The van der Waals surface area contributed by atoms with Gasteiger partial charge in [0, 0.05) is 20.1 Å². The second-order valence-electron chi connectivity index (χ2n) is 6.45. The van der Waals surface area contributed by atoms with Crippen LogP contribution in [0.5, 0.6) is 0 Å². The Hall–Kier alpha value is -0.0400. The first-order valence-electron chi connectivity index (χ1n) is 9.47. The van der Waals surface area contributed by atoms with Crippen LogP contribution in [0.4, 0.5) is 0 Å². The Bertz CT molecular complexity index is 287. The molecule has 1 saturated carbocycles. The van der Waals surface area contributed by atoms with E-state index in [2.05, 4.69) is 34.4 Å². The molecule has 0 aromatic carbocycles. The average Bonchev–Trinajstić information content (AvgIpc) is 3.06. The number of nitrogens with zero attached hydrogens (tertiary/aromatic N) is 2. The Labute approximate surface area is 161 Å². The number of guanidine groups is 1. The highest BCUT2D eigenvalue weighted by atomic mass is 127. The van der Waals surface area contributed by atoms with Crippen molar-refractivity contribution >= 4 is 29.9 Å². The molecule has 0 radical (unpaired) electrons. The van der Waals surface area contributed by atoms with Crippen molar-refractivity contribution in [2.45, 2.75) is 65.2 Å². The highest BCUT2D eigenvalue weighted by Gasteiger charge is 2.13. The number of nitrogens with one attached hydrogen (secondary N) is 2. The molecule has 1 rings (SSSR count). The van der Waals surface area contributed by atoms with Crippen LogP contribution in [0.15, 0.2) is 4.99 Å². The van der Waals surface area contributed by atoms with Crippen LogP contribution in [0, 0.1) is 5.92 Å². The van der Waals surface area contributed by atoms with E-state index in [0.717, 1.165) is 38.1 Å². The summed E-state index contributed by atoms with van der Waals surface area (Å²) in [7, 11) is 1.86. The zero-order chi connectivity index (χ0) is 16.0. The Morgan fingerprint density at radius 1 is 1.00 bits per heavy atom. The molecule has 0 bridgehead atoms. The first-order chi connectivity index (χ1) is 10.8. The van der Waals surface area contributed by atoms with Gasteiger partial charge in [-0.1, -0.05) is 39.5 Å². The van der Waals surface area contributed by atoms with E-state index in [-0.39, 0.29) is 24.0 Å². The smallest absolute Gasteiger partial charge is 0.190 e. The summed E-state index contributed by atoms with van der Waals surface area (Å²) in [5, 5.41) is 6.87. The monoisotopic (exact) mass is 438 g/mol. The van der Waals surface area contributed by atoms with Crippen molar-refractivity contribution in [3.05, 3.63) is 0 Å². The molecule has 1 aliphatic rings. The normalized spacial score (nSPS) is 15.7. The standard InChI is InChI=1S/C18H38N4.HI/c1-4-22(5-2)16-9-8-14-20-18(19-3)21-15-10-13-17-11-6-7-12-17;/h17H,4-16H2,1-3H3,(H2,19,20,21);1H. The van der Waals surface area contributed by atoms with E-state index in [1.54, 1.807) is 0 Å². The number of hydrogen-bond donors (Lipinski definition) is 2. The quantitative estimate of drug-likeness (QED) is 0.223. The fourth-order valence-corrected chi connectivity index (χ4v) is 3.32. The maximum Gasteiger partial charge on any atom is 0.190 e. The highest BCUT2D eigenvalue weighted by Crippen LogP contribution is 2.28. The summed E-state index contributed by atoms with van der Waals surface area (Å²) in [6, 6.07) is 0. The minimum atomic E-state index is 0. The van der Waals surface area contributed by atoms with Crippen molar-refractivity contribution in [1.82, 2.24) is 15.5 Å². The van der Waals surface area contributed by atoms with E-state index in [9.17, 15) is 0 Å². The molecular formula is C18H39IN4. The minimum Gasteiger partial charge on any atom is -0.356 e. The third-order valence-corrected chi connectivity index (χ3v) is 4.87. The fourth-order valence-electron chi connectivity index (χ4n) is 3.32. The lowest BCUT2D eigenvalue weighted by atomic mass is 10.0. The molecule has 0 unspecified atom stereocenters. The van der Waals surface area contributed by atoms with Crippen LogP contribution < -0.4 is 10.6 Å². The molecule has 5 heteroatoms. The van der Waals surface area contributed by atoms with Gasteiger partial charge in [-0.15, -0.1) is 24.0 Å². The van der Waals surface area contributed by atoms with Gasteiger partial charge < -0.3 is 15.5 Å². The van der Waals surface area contributed by atoms with Gasteiger partial charge in [-0.3, -0.25) is 4.99 Å².